The fourth-order valence-electron chi connectivity index (χ4n) is 4.89. The largest absolute Gasteiger partial charge is 0.351 e. The van der Waals surface area contributed by atoms with E-state index in [9.17, 15) is 13.2 Å². The first-order valence-corrected chi connectivity index (χ1v) is 12.6. The SMILES string of the molecule is O=C(NCc1ccc(S(=O)(=O)C2CCCCC2Cl)cc1)C1CC2CNCCC2N1. The Bertz CT molecular complexity index is 816. The Hall–Kier alpha value is -1.15. The van der Waals surface area contributed by atoms with Crippen LogP contribution in [0.2, 0.25) is 0 Å². The molecule has 2 aliphatic heterocycles. The van der Waals surface area contributed by atoms with E-state index in [-0.39, 0.29) is 17.3 Å². The second kappa shape index (κ2) is 8.92. The normalized spacial score (nSPS) is 32.5. The van der Waals surface area contributed by atoms with Crippen LogP contribution in [0.25, 0.3) is 0 Å². The van der Waals surface area contributed by atoms with Crippen LogP contribution in [0, 0.1) is 5.92 Å². The average Bonchev–Trinajstić information content (AvgIpc) is 3.17. The number of hydrogen-bond acceptors (Lipinski definition) is 5. The van der Waals surface area contributed by atoms with Crippen molar-refractivity contribution in [2.75, 3.05) is 13.1 Å². The minimum absolute atomic E-state index is 0.0169. The van der Waals surface area contributed by atoms with E-state index in [1.165, 1.54) is 0 Å². The number of piperidine rings is 1. The Morgan fingerprint density at radius 3 is 2.62 bits per heavy atom. The zero-order chi connectivity index (χ0) is 20.4. The van der Waals surface area contributed by atoms with Crippen LogP contribution in [-0.2, 0) is 21.2 Å². The van der Waals surface area contributed by atoms with Crippen molar-refractivity contribution in [2.24, 2.45) is 5.92 Å². The van der Waals surface area contributed by atoms with Crippen molar-refractivity contribution in [1.82, 2.24) is 16.0 Å². The molecule has 3 fully saturated rings. The molecule has 6 nitrogen and oxygen atoms in total. The Kier molecular flexibility index (Phi) is 6.49. The quantitative estimate of drug-likeness (QED) is 0.610. The zero-order valence-electron chi connectivity index (χ0n) is 16.6. The molecule has 0 radical (unpaired) electrons. The Labute approximate surface area is 178 Å². The van der Waals surface area contributed by atoms with Gasteiger partial charge in [-0.05, 0) is 62.4 Å². The summed E-state index contributed by atoms with van der Waals surface area (Å²) >= 11 is 6.30. The van der Waals surface area contributed by atoms with Gasteiger partial charge in [0, 0.05) is 12.6 Å². The summed E-state index contributed by atoms with van der Waals surface area (Å²) in [5, 5.41) is 9.01. The molecule has 2 saturated heterocycles. The van der Waals surface area contributed by atoms with E-state index in [0.29, 0.717) is 29.8 Å². The molecule has 1 aliphatic carbocycles. The fourth-order valence-corrected chi connectivity index (χ4v) is 7.44. The lowest BCUT2D eigenvalue weighted by Crippen LogP contribution is -2.45. The fraction of sp³-hybridized carbons (Fsp3) is 0.667. The molecule has 0 aromatic heterocycles. The predicted octanol–water partition coefficient (Wildman–Crippen LogP) is 1.97. The van der Waals surface area contributed by atoms with Gasteiger partial charge in [-0.2, -0.15) is 0 Å². The van der Waals surface area contributed by atoms with Crippen molar-refractivity contribution in [2.45, 2.75) is 72.7 Å². The van der Waals surface area contributed by atoms with Crippen LogP contribution in [0.15, 0.2) is 29.2 Å². The van der Waals surface area contributed by atoms with Gasteiger partial charge in [0.15, 0.2) is 9.84 Å². The third-order valence-corrected chi connectivity index (χ3v) is 9.58. The third kappa shape index (κ3) is 4.63. The zero-order valence-corrected chi connectivity index (χ0v) is 18.1. The number of alkyl halides is 1. The maximum atomic E-state index is 12.9. The van der Waals surface area contributed by atoms with Crippen molar-refractivity contribution in [3.8, 4) is 0 Å². The van der Waals surface area contributed by atoms with Gasteiger partial charge in [0.05, 0.1) is 21.6 Å². The summed E-state index contributed by atoms with van der Waals surface area (Å²) in [4.78, 5) is 12.8. The van der Waals surface area contributed by atoms with Crippen molar-refractivity contribution in [1.29, 1.82) is 0 Å². The molecule has 160 valence electrons. The first-order chi connectivity index (χ1) is 13.9. The molecule has 3 N–H and O–H groups in total. The number of hydrogen-bond donors (Lipinski definition) is 3. The van der Waals surface area contributed by atoms with E-state index in [2.05, 4.69) is 16.0 Å². The number of carbonyl (C=O) groups excluding carboxylic acids is 1. The van der Waals surface area contributed by atoms with Crippen molar-refractivity contribution < 1.29 is 13.2 Å². The Morgan fingerprint density at radius 2 is 1.90 bits per heavy atom. The minimum atomic E-state index is -3.42. The second-order valence-electron chi connectivity index (χ2n) is 8.56. The number of carbonyl (C=O) groups is 1. The smallest absolute Gasteiger partial charge is 0.237 e. The van der Waals surface area contributed by atoms with E-state index in [4.69, 9.17) is 11.6 Å². The summed E-state index contributed by atoms with van der Waals surface area (Å²) in [7, 11) is -3.42. The van der Waals surface area contributed by atoms with Crippen molar-refractivity contribution >= 4 is 27.3 Å². The number of benzene rings is 1. The molecule has 1 amide bonds. The number of halogens is 1. The third-order valence-electron chi connectivity index (χ3n) is 6.62. The molecule has 1 aromatic carbocycles. The van der Waals surface area contributed by atoms with Crippen LogP contribution >= 0.6 is 11.6 Å². The van der Waals surface area contributed by atoms with Crippen molar-refractivity contribution in [3.05, 3.63) is 29.8 Å². The highest BCUT2D eigenvalue weighted by atomic mass is 35.5. The highest BCUT2D eigenvalue weighted by Gasteiger charge is 2.38. The maximum Gasteiger partial charge on any atom is 0.237 e. The molecule has 29 heavy (non-hydrogen) atoms. The van der Waals surface area contributed by atoms with E-state index >= 15 is 0 Å². The van der Waals surface area contributed by atoms with E-state index in [1.54, 1.807) is 24.3 Å². The molecule has 5 unspecified atom stereocenters. The van der Waals surface area contributed by atoms with Crippen LogP contribution in [0.4, 0.5) is 0 Å². The Morgan fingerprint density at radius 1 is 1.14 bits per heavy atom. The number of rotatable bonds is 5. The number of fused-ring (bicyclic) bond motifs is 1. The molecule has 1 saturated carbocycles. The van der Waals surface area contributed by atoms with Crippen LogP contribution in [-0.4, -0.2) is 50.1 Å². The van der Waals surface area contributed by atoms with Crippen molar-refractivity contribution in [3.63, 3.8) is 0 Å². The predicted molar refractivity (Wildman–Crippen MR) is 114 cm³/mol. The van der Waals surface area contributed by atoms with E-state index < -0.39 is 15.1 Å². The number of nitrogens with one attached hydrogen (secondary N) is 3. The summed E-state index contributed by atoms with van der Waals surface area (Å²) in [6, 6.07) is 7.14. The number of sulfone groups is 1. The molecule has 5 atom stereocenters. The second-order valence-corrected chi connectivity index (χ2v) is 11.3. The summed E-state index contributed by atoms with van der Waals surface area (Å²) in [5.41, 5.74) is 0.889. The lowest BCUT2D eigenvalue weighted by atomic mass is 9.94. The summed E-state index contributed by atoms with van der Waals surface area (Å²) in [5.74, 6) is 0.540. The maximum absolute atomic E-state index is 12.9. The summed E-state index contributed by atoms with van der Waals surface area (Å²) in [6.45, 7) is 2.37. The molecule has 0 bridgehead atoms. The van der Waals surface area contributed by atoms with Gasteiger partial charge in [-0.15, -0.1) is 11.6 Å². The van der Waals surface area contributed by atoms with Crippen LogP contribution < -0.4 is 16.0 Å². The molecule has 4 rings (SSSR count). The van der Waals surface area contributed by atoms with Gasteiger partial charge in [-0.25, -0.2) is 8.42 Å². The molecule has 3 aliphatic rings. The van der Waals surface area contributed by atoms with E-state index in [0.717, 1.165) is 50.8 Å². The summed E-state index contributed by atoms with van der Waals surface area (Å²) in [6.07, 6.45) is 5.20. The molecule has 1 aromatic rings. The first-order valence-electron chi connectivity index (χ1n) is 10.7. The Balaban J connectivity index is 1.33. The van der Waals surface area contributed by atoms with E-state index in [1.807, 2.05) is 0 Å². The summed E-state index contributed by atoms with van der Waals surface area (Å²) < 4.78 is 25.8. The monoisotopic (exact) mass is 439 g/mol. The lowest BCUT2D eigenvalue weighted by molar-refractivity contribution is -0.123. The molecule has 2 heterocycles. The van der Waals surface area contributed by atoms with Gasteiger partial charge >= 0.3 is 0 Å². The molecule has 0 spiro atoms. The van der Waals surface area contributed by atoms with Gasteiger partial charge in [0.1, 0.15) is 0 Å². The molecule has 8 heteroatoms. The average molecular weight is 440 g/mol. The van der Waals surface area contributed by atoms with Crippen LogP contribution in [0.5, 0.6) is 0 Å². The van der Waals surface area contributed by atoms with Crippen LogP contribution in [0.1, 0.15) is 44.1 Å². The van der Waals surface area contributed by atoms with Gasteiger partial charge in [0.25, 0.3) is 0 Å². The lowest BCUT2D eigenvalue weighted by Gasteiger charge is -2.26. The highest BCUT2D eigenvalue weighted by molar-refractivity contribution is 7.92. The highest BCUT2D eigenvalue weighted by Crippen LogP contribution is 2.32. The van der Waals surface area contributed by atoms with Crippen LogP contribution in [0.3, 0.4) is 0 Å². The first kappa shape index (κ1) is 21.1. The van der Waals surface area contributed by atoms with Gasteiger partial charge in [-0.3, -0.25) is 4.79 Å². The topological polar surface area (TPSA) is 87.3 Å². The van der Waals surface area contributed by atoms with Gasteiger partial charge in [0.2, 0.25) is 5.91 Å². The standard InChI is InChI=1S/C21H30ClN3O3S/c22-17-3-1-2-4-20(17)29(27,28)16-7-5-14(6-8-16)12-24-21(26)19-11-15-13-23-10-9-18(15)25-19/h5-8,15,17-20,23,25H,1-4,9-13H2,(H,24,26). The van der Waals surface area contributed by atoms with Gasteiger partial charge < -0.3 is 16.0 Å². The molecular formula is C21H30ClN3O3S. The molecular weight excluding hydrogens is 410 g/mol. The minimum Gasteiger partial charge on any atom is -0.351 e. The van der Waals surface area contributed by atoms with Gasteiger partial charge in [-0.1, -0.05) is 25.0 Å². The number of amides is 1.